The number of nitrogens with one attached hydrogen (secondary N) is 1. The maximum Gasteiger partial charge on any atom is 0.433 e. The Balaban J connectivity index is 2.61. The summed E-state index contributed by atoms with van der Waals surface area (Å²) in [5, 5.41) is 13.2. The molecule has 7 nitrogen and oxygen atoms in total. The van der Waals surface area contributed by atoms with E-state index in [-0.39, 0.29) is 0 Å². The predicted octanol–water partition coefficient (Wildman–Crippen LogP) is 0.848. The number of aromatic nitrogens is 2. The topological polar surface area (TPSA) is 89.6 Å². The Morgan fingerprint density at radius 1 is 1.60 bits per heavy atom. The van der Waals surface area contributed by atoms with Gasteiger partial charge in [-0.05, 0) is 25.9 Å². The quantitative estimate of drug-likeness (QED) is 0.455. The van der Waals surface area contributed by atoms with Crippen LogP contribution < -0.4 is 5.32 Å². The van der Waals surface area contributed by atoms with Crippen LogP contribution in [0.1, 0.15) is 25.2 Å². The Labute approximate surface area is 86.4 Å². The largest absolute Gasteiger partial charge is 0.433 e. The standard InChI is InChI=1S/C8H12N4O3/c1-4-9-8(13)14-10-5(2)7-6(3)11-15-12-7/h4H2,1-3H3,(H,9,13). The fraction of sp³-hybridized carbons (Fsp3) is 0.500. The molecule has 0 aliphatic carbocycles. The fourth-order valence-electron chi connectivity index (χ4n) is 0.889. The molecule has 0 bridgehead atoms. The van der Waals surface area contributed by atoms with E-state index in [1.54, 1.807) is 20.8 Å². The van der Waals surface area contributed by atoms with E-state index in [9.17, 15) is 4.79 Å². The summed E-state index contributed by atoms with van der Waals surface area (Å²) >= 11 is 0. The second kappa shape index (κ2) is 5.08. The Hall–Kier alpha value is -1.92. The van der Waals surface area contributed by atoms with Gasteiger partial charge in [-0.15, -0.1) is 0 Å². The normalized spacial score (nSPS) is 11.3. The summed E-state index contributed by atoms with van der Waals surface area (Å²) < 4.78 is 4.48. The van der Waals surface area contributed by atoms with Crippen LogP contribution in [-0.2, 0) is 4.84 Å². The molecule has 0 aromatic carbocycles. The van der Waals surface area contributed by atoms with Crippen LogP contribution in [0, 0.1) is 6.92 Å². The summed E-state index contributed by atoms with van der Waals surface area (Å²) in [5.41, 5.74) is 1.50. The van der Waals surface area contributed by atoms with Crippen molar-refractivity contribution < 1.29 is 14.3 Å². The highest BCUT2D eigenvalue weighted by atomic mass is 16.7. The maximum atomic E-state index is 10.9. The highest BCUT2D eigenvalue weighted by Crippen LogP contribution is 2.02. The smallest absolute Gasteiger partial charge is 0.320 e. The van der Waals surface area contributed by atoms with Gasteiger partial charge < -0.3 is 5.32 Å². The third-order valence-electron chi connectivity index (χ3n) is 1.58. The van der Waals surface area contributed by atoms with E-state index in [4.69, 9.17) is 0 Å². The SMILES string of the molecule is CCNC(=O)ON=C(C)c1nonc1C. The average Bonchev–Trinajstić information content (AvgIpc) is 2.61. The zero-order valence-corrected chi connectivity index (χ0v) is 8.77. The van der Waals surface area contributed by atoms with E-state index in [1.807, 2.05) is 0 Å². The van der Waals surface area contributed by atoms with Crippen LogP contribution >= 0.6 is 0 Å². The summed E-state index contributed by atoms with van der Waals surface area (Å²) in [7, 11) is 0. The van der Waals surface area contributed by atoms with Gasteiger partial charge in [0.25, 0.3) is 0 Å². The Bertz CT molecular complexity index is 372. The number of carbonyl (C=O) groups is 1. The first-order valence-electron chi connectivity index (χ1n) is 4.44. The molecule has 0 saturated carbocycles. The van der Waals surface area contributed by atoms with Crippen molar-refractivity contribution in [1.82, 2.24) is 15.6 Å². The number of rotatable bonds is 3. The molecule has 0 saturated heterocycles. The predicted molar refractivity (Wildman–Crippen MR) is 51.4 cm³/mol. The van der Waals surface area contributed by atoms with Gasteiger partial charge in [-0.3, -0.25) is 4.84 Å². The number of aryl methyl sites for hydroxylation is 1. The van der Waals surface area contributed by atoms with Gasteiger partial charge in [-0.1, -0.05) is 10.3 Å². The third kappa shape index (κ3) is 3.04. The molecule has 1 aromatic heterocycles. The lowest BCUT2D eigenvalue weighted by molar-refractivity contribution is 0.151. The molecular formula is C8H12N4O3. The zero-order valence-electron chi connectivity index (χ0n) is 8.77. The molecule has 0 aliphatic rings. The van der Waals surface area contributed by atoms with Crippen LogP contribution in [0.4, 0.5) is 4.79 Å². The van der Waals surface area contributed by atoms with Crippen molar-refractivity contribution in [1.29, 1.82) is 0 Å². The fourth-order valence-corrected chi connectivity index (χ4v) is 0.889. The number of nitrogens with zero attached hydrogens (tertiary/aromatic N) is 3. The summed E-state index contributed by atoms with van der Waals surface area (Å²) in [6, 6.07) is 0. The maximum absolute atomic E-state index is 10.9. The van der Waals surface area contributed by atoms with Gasteiger partial charge in [0.05, 0.1) is 0 Å². The van der Waals surface area contributed by atoms with Crippen molar-refractivity contribution in [2.24, 2.45) is 5.16 Å². The first-order chi connectivity index (χ1) is 7.15. The van der Waals surface area contributed by atoms with Crippen molar-refractivity contribution in [2.75, 3.05) is 6.54 Å². The second-order valence-electron chi connectivity index (χ2n) is 2.78. The number of amides is 1. The van der Waals surface area contributed by atoms with Crippen molar-refractivity contribution in [3.8, 4) is 0 Å². The number of hydrogen-bond acceptors (Lipinski definition) is 6. The van der Waals surface area contributed by atoms with Crippen LogP contribution in [0.15, 0.2) is 9.78 Å². The lowest BCUT2D eigenvalue weighted by Crippen LogP contribution is -2.22. The molecule has 7 heteroatoms. The zero-order chi connectivity index (χ0) is 11.3. The molecule has 82 valence electrons. The molecule has 15 heavy (non-hydrogen) atoms. The summed E-state index contributed by atoms with van der Waals surface area (Å²) in [6.45, 7) is 5.63. The van der Waals surface area contributed by atoms with Crippen LogP contribution in [0.25, 0.3) is 0 Å². The number of carbonyl (C=O) groups excluding carboxylic acids is 1. The van der Waals surface area contributed by atoms with Gasteiger partial charge >= 0.3 is 6.09 Å². The third-order valence-corrected chi connectivity index (χ3v) is 1.58. The van der Waals surface area contributed by atoms with Crippen molar-refractivity contribution in [2.45, 2.75) is 20.8 Å². The molecular weight excluding hydrogens is 200 g/mol. The van der Waals surface area contributed by atoms with Gasteiger partial charge in [0.2, 0.25) is 0 Å². The molecule has 0 radical (unpaired) electrons. The van der Waals surface area contributed by atoms with Crippen LogP contribution in [0.3, 0.4) is 0 Å². The van der Waals surface area contributed by atoms with Crippen molar-refractivity contribution in [3.63, 3.8) is 0 Å². The average molecular weight is 212 g/mol. The van der Waals surface area contributed by atoms with E-state index in [0.29, 0.717) is 23.6 Å². The Morgan fingerprint density at radius 2 is 2.33 bits per heavy atom. The summed E-state index contributed by atoms with van der Waals surface area (Å²) in [5.74, 6) is 0. The molecule has 0 atom stereocenters. The first-order valence-corrected chi connectivity index (χ1v) is 4.44. The minimum absolute atomic E-state index is 0.431. The van der Waals surface area contributed by atoms with Crippen LogP contribution in [-0.4, -0.2) is 28.7 Å². The van der Waals surface area contributed by atoms with Crippen LogP contribution in [0.2, 0.25) is 0 Å². The molecule has 1 heterocycles. The molecule has 0 spiro atoms. The van der Waals surface area contributed by atoms with Gasteiger partial charge in [0.15, 0.2) is 5.69 Å². The lowest BCUT2D eigenvalue weighted by Gasteiger charge is -1.98. The van der Waals surface area contributed by atoms with Gasteiger partial charge in [0.1, 0.15) is 11.4 Å². The minimum Gasteiger partial charge on any atom is -0.320 e. The lowest BCUT2D eigenvalue weighted by atomic mass is 10.2. The number of hydrogen-bond donors (Lipinski definition) is 1. The van der Waals surface area contributed by atoms with E-state index in [2.05, 4.69) is 30.3 Å². The highest BCUT2D eigenvalue weighted by Gasteiger charge is 2.09. The van der Waals surface area contributed by atoms with E-state index in [0.717, 1.165) is 0 Å². The molecule has 0 unspecified atom stereocenters. The van der Waals surface area contributed by atoms with E-state index in [1.165, 1.54) is 0 Å². The molecule has 1 aromatic rings. The Kier molecular flexibility index (Phi) is 3.78. The Morgan fingerprint density at radius 3 is 2.87 bits per heavy atom. The van der Waals surface area contributed by atoms with Gasteiger partial charge in [0, 0.05) is 6.54 Å². The molecule has 1 rings (SSSR count). The van der Waals surface area contributed by atoms with Gasteiger partial charge in [-0.2, -0.15) is 0 Å². The first kappa shape index (κ1) is 11.2. The van der Waals surface area contributed by atoms with E-state index >= 15 is 0 Å². The minimum atomic E-state index is -0.606. The monoisotopic (exact) mass is 212 g/mol. The highest BCUT2D eigenvalue weighted by molar-refractivity contribution is 5.97. The summed E-state index contributed by atoms with van der Waals surface area (Å²) in [6.07, 6.45) is -0.606. The second-order valence-corrected chi connectivity index (χ2v) is 2.78. The molecule has 0 aliphatic heterocycles. The molecule has 0 fully saturated rings. The van der Waals surface area contributed by atoms with Crippen molar-refractivity contribution >= 4 is 11.8 Å². The molecule has 1 amide bonds. The van der Waals surface area contributed by atoms with Crippen LogP contribution in [0.5, 0.6) is 0 Å². The van der Waals surface area contributed by atoms with E-state index < -0.39 is 6.09 Å². The summed E-state index contributed by atoms with van der Waals surface area (Å²) in [4.78, 5) is 15.5. The van der Waals surface area contributed by atoms with Gasteiger partial charge in [-0.25, -0.2) is 9.42 Å². The number of oxime groups is 1. The van der Waals surface area contributed by atoms with Crippen molar-refractivity contribution in [3.05, 3.63) is 11.4 Å². The molecule has 1 N–H and O–H groups in total.